The summed E-state index contributed by atoms with van der Waals surface area (Å²) in [4.78, 5) is 12.1. The minimum absolute atomic E-state index is 0.0424. The summed E-state index contributed by atoms with van der Waals surface area (Å²) in [6.07, 6.45) is 0. The summed E-state index contributed by atoms with van der Waals surface area (Å²) in [5.41, 5.74) is 0.436. The van der Waals surface area contributed by atoms with E-state index < -0.39 is 5.82 Å². The number of benzene rings is 2. The predicted octanol–water partition coefficient (Wildman–Crippen LogP) is 4.40. The van der Waals surface area contributed by atoms with Gasteiger partial charge in [-0.1, -0.05) is 41.6 Å². The van der Waals surface area contributed by atoms with Crippen LogP contribution in [0.15, 0.2) is 53.7 Å². The number of halogens is 2. The van der Waals surface area contributed by atoms with E-state index in [1.54, 1.807) is 0 Å². The molecule has 6 nitrogen and oxygen atoms in total. The molecule has 3 aromatic rings. The Hall–Kier alpha value is -2.58. The Morgan fingerprint density at radius 1 is 1.25 bits per heavy atom. The van der Waals surface area contributed by atoms with Crippen molar-refractivity contribution in [1.29, 1.82) is 0 Å². The van der Waals surface area contributed by atoms with E-state index in [1.807, 2.05) is 41.8 Å². The SMILES string of the molecule is CCn1c(COc2ccccc2)nnc1SCC(=O)Nc1ccc(F)c(Cl)c1. The number of hydrogen-bond donors (Lipinski definition) is 1. The number of rotatable bonds is 8. The highest BCUT2D eigenvalue weighted by atomic mass is 35.5. The number of carbonyl (C=O) groups excluding carboxylic acids is 1. The standard InChI is InChI=1S/C19H18ClFN4O2S/c1-2-25-17(11-27-14-6-4-3-5-7-14)23-24-19(25)28-12-18(26)22-13-8-9-16(21)15(20)10-13/h3-10H,2,11-12H2,1H3,(H,22,26). The maximum absolute atomic E-state index is 13.2. The van der Waals surface area contributed by atoms with E-state index in [2.05, 4.69) is 15.5 Å². The molecule has 1 aromatic heterocycles. The van der Waals surface area contributed by atoms with Crippen molar-refractivity contribution >= 4 is 35.0 Å². The molecule has 0 saturated carbocycles. The molecule has 0 unspecified atom stereocenters. The first-order valence-corrected chi connectivity index (χ1v) is 9.90. The number of para-hydroxylation sites is 1. The van der Waals surface area contributed by atoms with Gasteiger partial charge in [-0.2, -0.15) is 0 Å². The Balaban J connectivity index is 1.57. The largest absolute Gasteiger partial charge is 0.486 e. The molecule has 0 aliphatic rings. The van der Waals surface area contributed by atoms with Crippen molar-refractivity contribution in [3.63, 3.8) is 0 Å². The molecular weight excluding hydrogens is 403 g/mol. The average molecular weight is 421 g/mol. The van der Waals surface area contributed by atoms with Gasteiger partial charge < -0.3 is 14.6 Å². The van der Waals surface area contributed by atoms with Gasteiger partial charge >= 0.3 is 0 Å². The van der Waals surface area contributed by atoms with Crippen LogP contribution in [0.4, 0.5) is 10.1 Å². The first-order chi connectivity index (χ1) is 13.6. The monoisotopic (exact) mass is 420 g/mol. The van der Waals surface area contributed by atoms with Crippen molar-refractivity contribution in [2.75, 3.05) is 11.1 Å². The highest BCUT2D eigenvalue weighted by Crippen LogP contribution is 2.21. The molecule has 0 spiro atoms. The van der Waals surface area contributed by atoms with Crippen molar-refractivity contribution in [2.45, 2.75) is 25.2 Å². The summed E-state index contributed by atoms with van der Waals surface area (Å²) in [7, 11) is 0. The Morgan fingerprint density at radius 2 is 2.04 bits per heavy atom. The second kappa shape index (κ2) is 9.57. The van der Waals surface area contributed by atoms with Crippen molar-refractivity contribution < 1.29 is 13.9 Å². The quantitative estimate of drug-likeness (QED) is 0.547. The predicted molar refractivity (Wildman–Crippen MR) is 107 cm³/mol. The summed E-state index contributed by atoms with van der Waals surface area (Å²) in [6.45, 7) is 2.91. The number of nitrogens with zero attached hydrogens (tertiary/aromatic N) is 3. The summed E-state index contributed by atoms with van der Waals surface area (Å²) >= 11 is 6.99. The molecule has 0 saturated heterocycles. The van der Waals surface area contributed by atoms with Gasteiger partial charge in [0.25, 0.3) is 0 Å². The van der Waals surface area contributed by atoms with Crippen LogP contribution in [0.1, 0.15) is 12.7 Å². The van der Waals surface area contributed by atoms with Gasteiger partial charge in [-0.25, -0.2) is 4.39 Å². The molecule has 0 aliphatic carbocycles. The lowest BCUT2D eigenvalue weighted by Gasteiger charge is -2.09. The van der Waals surface area contributed by atoms with Gasteiger partial charge in [-0.05, 0) is 37.3 Å². The van der Waals surface area contributed by atoms with Crippen LogP contribution in [0.5, 0.6) is 5.75 Å². The number of carbonyl (C=O) groups is 1. The molecule has 2 aromatic carbocycles. The summed E-state index contributed by atoms with van der Waals surface area (Å²) in [5.74, 6) is 0.780. The van der Waals surface area contributed by atoms with Crippen molar-refractivity contribution in [3.8, 4) is 5.75 Å². The molecule has 3 rings (SSSR count). The zero-order chi connectivity index (χ0) is 19.9. The molecule has 1 heterocycles. The maximum atomic E-state index is 13.2. The summed E-state index contributed by atoms with van der Waals surface area (Å²) < 4.78 is 20.8. The fourth-order valence-corrected chi connectivity index (χ4v) is 3.42. The van der Waals surface area contributed by atoms with Crippen LogP contribution in [0.3, 0.4) is 0 Å². The molecule has 1 N–H and O–H groups in total. The number of aromatic nitrogens is 3. The van der Waals surface area contributed by atoms with E-state index in [0.29, 0.717) is 23.2 Å². The highest BCUT2D eigenvalue weighted by molar-refractivity contribution is 7.99. The van der Waals surface area contributed by atoms with Gasteiger partial charge in [-0.15, -0.1) is 10.2 Å². The number of anilines is 1. The summed E-state index contributed by atoms with van der Waals surface area (Å²) in [6, 6.07) is 13.5. The lowest BCUT2D eigenvalue weighted by Crippen LogP contribution is -2.15. The first-order valence-electron chi connectivity index (χ1n) is 8.54. The van der Waals surface area contributed by atoms with E-state index in [0.717, 1.165) is 5.75 Å². The molecule has 28 heavy (non-hydrogen) atoms. The molecule has 0 radical (unpaired) electrons. The number of thioether (sulfide) groups is 1. The van der Waals surface area contributed by atoms with Crippen LogP contribution < -0.4 is 10.1 Å². The van der Waals surface area contributed by atoms with Gasteiger partial charge in [0.15, 0.2) is 11.0 Å². The molecule has 146 valence electrons. The maximum Gasteiger partial charge on any atom is 0.234 e. The Kier molecular flexibility index (Phi) is 6.89. The number of ether oxygens (including phenoxy) is 1. The molecule has 1 amide bonds. The lowest BCUT2D eigenvalue weighted by molar-refractivity contribution is -0.113. The van der Waals surface area contributed by atoms with Gasteiger partial charge in [-0.3, -0.25) is 4.79 Å². The normalized spacial score (nSPS) is 10.7. The van der Waals surface area contributed by atoms with Crippen molar-refractivity contribution in [2.24, 2.45) is 0 Å². The molecule has 0 aliphatic heterocycles. The molecule has 0 bridgehead atoms. The summed E-state index contributed by atoms with van der Waals surface area (Å²) in [5, 5.41) is 11.6. The van der Waals surface area contributed by atoms with Crippen molar-refractivity contribution in [1.82, 2.24) is 14.8 Å². The van der Waals surface area contributed by atoms with Crippen LogP contribution in [0.25, 0.3) is 0 Å². The van der Waals surface area contributed by atoms with E-state index in [9.17, 15) is 9.18 Å². The fraction of sp³-hybridized carbons (Fsp3) is 0.211. The van der Waals surface area contributed by atoms with Gasteiger partial charge in [0.1, 0.15) is 18.2 Å². The van der Waals surface area contributed by atoms with Crippen LogP contribution >= 0.6 is 23.4 Å². The van der Waals surface area contributed by atoms with E-state index in [-0.39, 0.29) is 23.3 Å². The van der Waals surface area contributed by atoms with Gasteiger partial charge in [0.2, 0.25) is 5.91 Å². The lowest BCUT2D eigenvalue weighted by atomic mass is 10.3. The molecule has 9 heteroatoms. The number of amides is 1. The third kappa shape index (κ3) is 5.24. The minimum Gasteiger partial charge on any atom is -0.486 e. The van der Waals surface area contributed by atoms with E-state index in [4.69, 9.17) is 16.3 Å². The Bertz CT molecular complexity index is 952. The number of hydrogen-bond acceptors (Lipinski definition) is 5. The van der Waals surface area contributed by atoms with E-state index in [1.165, 1.54) is 30.0 Å². The van der Waals surface area contributed by atoms with Crippen LogP contribution in [0, 0.1) is 5.82 Å². The first kappa shape index (κ1) is 20.2. The smallest absolute Gasteiger partial charge is 0.234 e. The minimum atomic E-state index is -0.532. The third-order valence-electron chi connectivity index (χ3n) is 3.76. The Morgan fingerprint density at radius 3 is 2.75 bits per heavy atom. The van der Waals surface area contributed by atoms with E-state index >= 15 is 0 Å². The number of nitrogens with one attached hydrogen (secondary N) is 1. The third-order valence-corrected chi connectivity index (χ3v) is 5.01. The second-order valence-electron chi connectivity index (χ2n) is 5.71. The Labute approximate surface area is 171 Å². The second-order valence-corrected chi connectivity index (χ2v) is 7.06. The molecule has 0 fully saturated rings. The average Bonchev–Trinajstić information content (AvgIpc) is 3.10. The zero-order valence-electron chi connectivity index (χ0n) is 15.1. The zero-order valence-corrected chi connectivity index (χ0v) is 16.6. The van der Waals surface area contributed by atoms with Crippen LogP contribution in [-0.4, -0.2) is 26.4 Å². The van der Waals surface area contributed by atoms with Gasteiger partial charge in [0.05, 0.1) is 10.8 Å². The molecular formula is C19H18ClFN4O2S. The topological polar surface area (TPSA) is 69.0 Å². The van der Waals surface area contributed by atoms with Crippen molar-refractivity contribution in [3.05, 3.63) is 65.2 Å². The highest BCUT2D eigenvalue weighted by Gasteiger charge is 2.14. The molecule has 0 atom stereocenters. The van der Waals surface area contributed by atoms with Crippen LogP contribution in [-0.2, 0) is 17.9 Å². The van der Waals surface area contributed by atoms with Gasteiger partial charge in [0, 0.05) is 12.2 Å². The van der Waals surface area contributed by atoms with Crippen LogP contribution in [0.2, 0.25) is 5.02 Å². The fourth-order valence-electron chi connectivity index (χ4n) is 2.42.